The average Bonchev–Trinajstić information content (AvgIpc) is 2.90. The molecule has 4 aromatic rings. The van der Waals surface area contributed by atoms with Crippen LogP contribution in [0.15, 0.2) is 60.7 Å². The Labute approximate surface area is 219 Å². The monoisotopic (exact) mass is 502 g/mol. The number of ether oxygens (including phenoxy) is 2. The summed E-state index contributed by atoms with van der Waals surface area (Å²) in [6.45, 7) is 6.53. The van der Waals surface area contributed by atoms with Crippen LogP contribution >= 0.6 is 0 Å². The highest BCUT2D eigenvalue weighted by Gasteiger charge is 2.09. The van der Waals surface area contributed by atoms with Crippen molar-refractivity contribution in [1.29, 1.82) is 0 Å². The van der Waals surface area contributed by atoms with Crippen molar-refractivity contribution in [3.05, 3.63) is 82.9 Å². The molecule has 0 saturated heterocycles. The SMILES string of the molecule is CNOCc1ccc2cc(OCCCCCOc3cc4ccc(C)cc4cc3C)c(CONC)cc2c1. The van der Waals surface area contributed by atoms with E-state index in [4.69, 9.17) is 19.1 Å². The van der Waals surface area contributed by atoms with Crippen LogP contribution in [-0.4, -0.2) is 27.3 Å². The summed E-state index contributed by atoms with van der Waals surface area (Å²) in [5, 5.41) is 4.75. The summed E-state index contributed by atoms with van der Waals surface area (Å²) in [5.74, 6) is 1.83. The minimum atomic E-state index is 0.428. The van der Waals surface area contributed by atoms with E-state index in [1.165, 1.54) is 21.9 Å². The van der Waals surface area contributed by atoms with E-state index in [0.717, 1.165) is 52.7 Å². The highest BCUT2D eigenvalue weighted by Crippen LogP contribution is 2.29. The number of hydroxylamine groups is 2. The summed E-state index contributed by atoms with van der Waals surface area (Å²) < 4.78 is 12.3. The van der Waals surface area contributed by atoms with Gasteiger partial charge in [-0.05, 0) is 96.1 Å². The van der Waals surface area contributed by atoms with E-state index in [-0.39, 0.29) is 0 Å². The topological polar surface area (TPSA) is 61.0 Å². The number of fused-ring (bicyclic) bond motifs is 2. The van der Waals surface area contributed by atoms with Crippen LogP contribution < -0.4 is 20.4 Å². The van der Waals surface area contributed by atoms with Gasteiger partial charge in [0.15, 0.2) is 0 Å². The number of unbranched alkanes of at least 4 members (excludes halogenated alkanes) is 2. The average molecular weight is 503 g/mol. The molecule has 0 unspecified atom stereocenters. The molecule has 4 aromatic carbocycles. The lowest BCUT2D eigenvalue weighted by molar-refractivity contribution is 0.0430. The van der Waals surface area contributed by atoms with Crippen LogP contribution in [0, 0.1) is 13.8 Å². The molecule has 0 aliphatic heterocycles. The van der Waals surface area contributed by atoms with Crippen LogP contribution in [0.25, 0.3) is 21.5 Å². The van der Waals surface area contributed by atoms with Gasteiger partial charge in [0.05, 0.1) is 26.4 Å². The van der Waals surface area contributed by atoms with E-state index in [9.17, 15) is 0 Å². The molecular weight excluding hydrogens is 464 g/mol. The maximum Gasteiger partial charge on any atom is 0.125 e. The van der Waals surface area contributed by atoms with E-state index in [0.29, 0.717) is 26.4 Å². The van der Waals surface area contributed by atoms with Crippen molar-refractivity contribution in [2.45, 2.75) is 46.3 Å². The Balaban J connectivity index is 1.28. The van der Waals surface area contributed by atoms with Gasteiger partial charge in [0.25, 0.3) is 0 Å². The molecule has 0 bridgehead atoms. The molecule has 6 heteroatoms. The van der Waals surface area contributed by atoms with E-state index in [1.54, 1.807) is 14.1 Å². The molecule has 0 aliphatic rings. The number of hydrogen-bond donors (Lipinski definition) is 2. The van der Waals surface area contributed by atoms with Crippen molar-refractivity contribution in [2.75, 3.05) is 27.3 Å². The first kappa shape index (κ1) is 26.9. The number of hydrogen-bond acceptors (Lipinski definition) is 6. The lowest BCUT2D eigenvalue weighted by Gasteiger charge is -2.14. The summed E-state index contributed by atoms with van der Waals surface area (Å²) in [4.78, 5) is 10.8. The van der Waals surface area contributed by atoms with Crippen molar-refractivity contribution in [2.24, 2.45) is 0 Å². The zero-order chi connectivity index (χ0) is 26.0. The van der Waals surface area contributed by atoms with Crippen LogP contribution in [0.3, 0.4) is 0 Å². The minimum absolute atomic E-state index is 0.428. The molecule has 0 radical (unpaired) electrons. The lowest BCUT2D eigenvalue weighted by atomic mass is 10.0. The van der Waals surface area contributed by atoms with Gasteiger partial charge < -0.3 is 9.47 Å². The van der Waals surface area contributed by atoms with Gasteiger partial charge in [0, 0.05) is 19.7 Å². The maximum atomic E-state index is 6.20. The first-order valence-corrected chi connectivity index (χ1v) is 13.0. The lowest BCUT2D eigenvalue weighted by Crippen LogP contribution is -2.09. The molecule has 0 atom stereocenters. The second-order valence-electron chi connectivity index (χ2n) is 9.35. The highest BCUT2D eigenvalue weighted by atomic mass is 16.6. The fraction of sp³-hybridized carbons (Fsp3) is 0.355. The Morgan fingerprint density at radius 3 is 2.00 bits per heavy atom. The normalized spacial score (nSPS) is 11.4. The molecule has 2 N–H and O–H groups in total. The number of benzene rings is 4. The van der Waals surface area contributed by atoms with Gasteiger partial charge in [-0.25, -0.2) is 11.0 Å². The van der Waals surface area contributed by atoms with E-state index < -0.39 is 0 Å². The molecule has 0 aliphatic carbocycles. The summed E-state index contributed by atoms with van der Waals surface area (Å²) in [6, 6.07) is 21.4. The summed E-state index contributed by atoms with van der Waals surface area (Å²) in [5.41, 5.74) is 10.0. The maximum absolute atomic E-state index is 6.20. The number of aryl methyl sites for hydroxylation is 2. The molecule has 0 saturated carbocycles. The first-order valence-electron chi connectivity index (χ1n) is 13.0. The van der Waals surface area contributed by atoms with E-state index >= 15 is 0 Å². The van der Waals surface area contributed by atoms with E-state index in [1.807, 2.05) is 0 Å². The predicted molar refractivity (Wildman–Crippen MR) is 150 cm³/mol. The van der Waals surface area contributed by atoms with Gasteiger partial charge in [0.1, 0.15) is 11.5 Å². The van der Waals surface area contributed by atoms with Crippen molar-refractivity contribution in [1.82, 2.24) is 11.0 Å². The van der Waals surface area contributed by atoms with Crippen LogP contribution in [0.5, 0.6) is 11.5 Å². The van der Waals surface area contributed by atoms with Crippen LogP contribution in [0.1, 0.15) is 41.5 Å². The third-order valence-corrected chi connectivity index (χ3v) is 6.43. The predicted octanol–water partition coefficient (Wildman–Crippen LogP) is 6.54. The van der Waals surface area contributed by atoms with Gasteiger partial charge in [-0.2, -0.15) is 0 Å². The standard InChI is InChI=1S/C31H38N2O4/c1-22-8-10-25-18-30(23(2)15-27(25)14-22)34-12-6-5-7-13-35-31-19-26-11-9-24(20-36-32-3)16-28(26)17-29(31)21-37-33-4/h8-11,14-19,32-33H,5-7,12-13,20-21H2,1-4H3. The molecule has 37 heavy (non-hydrogen) atoms. The molecule has 4 rings (SSSR count). The van der Waals surface area contributed by atoms with E-state index in [2.05, 4.69) is 85.5 Å². The van der Waals surface area contributed by atoms with Crippen molar-refractivity contribution >= 4 is 21.5 Å². The fourth-order valence-electron chi connectivity index (χ4n) is 4.43. The molecular formula is C31H38N2O4. The molecule has 0 heterocycles. The van der Waals surface area contributed by atoms with Crippen LogP contribution in [0.2, 0.25) is 0 Å². The Hall–Kier alpha value is -3.16. The van der Waals surface area contributed by atoms with Crippen molar-refractivity contribution in [3.63, 3.8) is 0 Å². The molecule has 196 valence electrons. The van der Waals surface area contributed by atoms with Crippen molar-refractivity contribution in [3.8, 4) is 11.5 Å². The van der Waals surface area contributed by atoms with Gasteiger partial charge in [-0.15, -0.1) is 0 Å². The van der Waals surface area contributed by atoms with Gasteiger partial charge in [-0.3, -0.25) is 9.68 Å². The third-order valence-electron chi connectivity index (χ3n) is 6.43. The quantitative estimate of drug-likeness (QED) is 0.151. The largest absolute Gasteiger partial charge is 0.493 e. The van der Waals surface area contributed by atoms with Gasteiger partial charge >= 0.3 is 0 Å². The molecule has 0 spiro atoms. The Morgan fingerprint density at radius 1 is 0.595 bits per heavy atom. The fourth-order valence-corrected chi connectivity index (χ4v) is 4.43. The minimum Gasteiger partial charge on any atom is -0.493 e. The Morgan fingerprint density at radius 2 is 1.24 bits per heavy atom. The summed E-state index contributed by atoms with van der Waals surface area (Å²) in [7, 11) is 3.52. The Kier molecular flexibility index (Phi) is 9.74. The second-order valence-corrected chi connectivity index (χ2v) is 9.35. The smallest absolute Gasteiger partial charge is 0.125 e. The molecule has 6 nitrogen and oxygen atoms in total. The van der Waals surface area contributed by atoms with Gasteiger partial charge in [-0.1, -0.05) is 35.9 Å². The number of nitrogens with one attached hydrogen (secondary N) is 2. The molecule has 0 fully saturated rings. The molecule has 0 amide bonds. The summed E-state index contributed by atoms with van der Waals surface area (Å²) >= 11 is 0. The zero-order valence-electron chi connectivity index (χ0n) is 22.4. The van der Waals surface area contributed by atoms with Crippen LogP contribution in [-0.2, 0) is 22.9 Å². The van der Waals surface area contributed by atoms with Crippen molar-refractivity contribution < 1.29 is 19.1 Å². The first-order chi connectivity index (χ1) is 18.1. The number of rotatable bonds is 14. The Bertz CT molecular complexity index is 1320. The third kappa shape index (κ3) is 7.43. The second kappa shape index (κ2) is 13.4. The summed E-state index contributed by atoms with van der Waals surface area (Å²) in [6.07, 6.45) is 2.99. The zero-order valence-corrected chi connectivity index (χ0v) is 22.4. The van der Waals surface area contributed by atoms with Gasteiger partial charge in [0.2, 0.25) is 0 Å². The highest BCUT2D eigenvalue weighted by molar-refractivity contribution is 5.86. The molecule has 0 aromatic heterocycles. The van der Waals surface area contributed by atoms with Crippen LogP contribution in [0.4, 0.5) is 0 Å².